The molecule has 2 aromatic rings. The van der Waals surface area contributed by atoms with E-state index in [9.17, 15) is 18.0 Å². The Balaban J connectivity index is 2.23. The molecule has 0 bridgehead atoms. The molecule has 0 saturated heterocycles. The van der Waals surface area contributed by atoms with Crippen molar-refractivity contribution < 1.29 is 23.1 Å². The number of carbonyl (C=O) groups excluding carboxylic acids is 1. The van der Waals surface area contributed by atoms with Crippen molar-refractivity contribution in [2.24, 2.45) is 0 Å². The van der Waals surface area contributed by atoms with Crippen LogP contribution in [0.2, 0.25) is 0 Å². The summed E-state index contributed by atoms with van der Waals surface area (Å²) in [6.45, 7) is 1.77. The summed E-state index contributed by atoms with van der Waals surface area (Å²) >= 11 is 0. The molecule has 0 aliphatic carbocycles. The maximum Gasteiger partial charge on any atom is 0.416 e. The number of urea groups is 1. The Morgan fingerprint density at radius 1 is 1.42 bits per heavy atom. The number of hydrogen-bond acceptors (Lipinski definition) is 3. The van der Waals surface area contributed by atoms with E-state index < -0.39 is 23.9 Å². The predicted octanol–water partition coefficient (Wildman–Crippen LogP) is 2.78. The average Bonchev–Trinajstić information content (AvgIpc) is 2.99. The average molecular weight is 342 g/mol. The van der Waals surface area contributed by atoms with Crippen molar-refractivity contribution >= 4 is 11.7 Å². The van der Waals surface area contributed by atoms with Crippen LogP contribution in [0, 0.1) is 0 Å². The Kier molecular flexibility index (Phi) is 5.45. The van der Waals surface area contributed by atoms with Gasteiger partial charge in [0, 0.05) is 18.9 Å². The van der Waals surface area contributed by atoms with E-state index in [4.69, 9.17) is 5.11 Å². The van der Waals surface area contributed by atoms with Crippen LogP contribution < -0.4 is 10.6 Å². The van der Waals surface area contributed by atoms with E-state index >= 15 is 0 Å². The topological polar surface area (TPSA) is 79.2 Å². The van der Waals surface area contributed by atoms with Crippen molar-refractivity contribution in [3.8, 4) is 5.69 Å². The molecule has 0 fully saturated rings. The van der Waals surface area contributed by atoms with Crippen LogP contribution in [0.15, 0.2) is 36.7 Å². The molecule has 2 amide bonds. The van der Waals surface area contributed by atoms with E-state index in [1.807, 2.05) is 0 Å². The zero-order valence-electron chi connectivity index (χ0n) is 12.8. The zero-order valence-corrected chi connectivity index (χ0v) is 12.8. The highest BCUT2D eigenvalue weighted by molar-refractivity contribution is 5.91. The van der Waals surface area contributed by atoms with E-state index in [2.05, 4.69) is 15.7 Å². The molecule has 0 spiro atoms. The van der Waals surface area contributed by atoms with Gasteiger partial charge in [-0.05, 0) is 37.6 Å². The maximum absolute atomic E-state index is 12.9. The summed E-state index contributed by atoms with van der Waals surface area (Å²) in [5, 5.41) is 18.0. The second kappa shape index (κ2) is 7.35. The summed E-state index contributed by atoms with van der Waals surface area (Å²) in [6, 6.07) is 3.97. The number of halogens is 3. The van der Waals surface area contributed by atoms with Crippen LogP contribution in [-0.2, 0) is 6.18 Å². The number of aliphatic hydroxyl groups excluding tert-OH is 1. The van der Waals surface area contributed by atoms with Crippen molar-refractivity contribution in [2.45, 2.75) is 25.6 Å². The van der Waals surface area contributed by atoms with Gasteiger partial charge >= 0.3 is 12.2 Å². The molecule has 130 valence electrons. The highest BCUT2D eigenvalue weighted by atomic mass is 19.4. The summed E-state index contributed by atoms with van der Waals surface area (Å²) < 4.78 is 40.0. The lowest BCUT2D eigenvalue weighted by atomic mass is 10.1. The standard InChI is InChI=1S/C15H17F3N4O2/c1-10(23)5-7-19-14(24)21-12-9-11(15(16,17)18)3-4-13(12)22-8-2-6-20-22/h2-4,6,8-10,23H,5,7H2,1H3,(H2,19,21,24). The van der Waals surface area contributed by atoms with Crippen LogP contribution in [-0.4, -0.2) is 33.6 Å². The van der Waals surface area contributed by atoms with Gasteiger partial charge in [0.15, 0.2) is 0 Å². The van der Waals surface area contributed by atoms with Gasteiger partial charge in [0.2, 0.25) is 0 Å². The molecule has 24 heavy (non-hydrogen) atoms. The van der Waals surface area contributed by atoms with Gasteiger partial charge in [0.1, 0.15) is 0 Å². The smallest absolute Gasteiger partial charge is 0.393 e. The summed E-state index contributed by atoms with van der Waals surface area (Å²) in [5.41, 5.74) is -0.598. The molecular formula is C15H17F3N4O2. The first-order chi connectivity index (χ1) is 11.3. The molecule has 1 aromatic heterocycles. The Morgan fingerprint density at radius 2 is 2.17 bits per heavy atom. The number of amides is 2. The fourth-order valence-electron chi connectivity index (χ4n) is 1.98. The van der Waals surface area contributed by atoms with E-state index in [0.29, 0.717) is 12.1 Å². The highest BCUT2D eigenvalue weighted by Gasteiger charge is 2.31. The molecule has 0 aliphatic rings. The van der Waals surface area contributed by atoms with E-state index in [0.717, 1.165) is 12.1 Å². The number of nitrogens with one attached hydrogen (secondary N) is 2. The molecule has 1 atom stereocenters. The number of hydrogen-bond donors (Lipinski definition) is 3. The lowest BCUT2D eigenvalue weighted by molar-refractivity contribution is -0.137. The van der Waals surface area contributed by atoms with Crippen LogP contribution >= 0.6 is 0 Å². The number of aliphatic hydroxyl groups is 1. The number of rotatable bonds is 5. The van der Waals surface area contributed by atoms with E-state index in [1.165, 1.54) is 16.9 Å². The molecule has 1 aromatic carbocycles. The zero-order chi connectivity index (χ0) is 17.7. The number of aromatic nitrogens is 2. The van der Waals surface area contributed by atoms with Gasteiger partial charge in [-0.25, -0.2) is 9.48 Å². The fraction of sp³-hybridized carbons (Fsp3) is 0.333. The monoisotopic (exact) mass is 342 g/mol. The number of alkyl halides is 3. The molecule has 2 rings (SSSR count). The quantitative estimate of drug-likeness (QED) is 0.782. The molecule has 0 saturated carbocycles. The van der Waals surface area contributed by atoms with Crippen molar-refractivity contribution in [3.05, 3.63) is 42.2 Å². The molecule has 1 unspecified atom stereocenters. The first-order valence-electron chi connectivity index (χ1n) is 7.21. The SMILES string of the molecule is CC(O)CCNC(=O)Nc1cc(C(F)(F)F)ccc1-n1cccn1. The minimum atomic E-state index is -4.53. The lowest BCUT2D eigenvalue weighted by Crippen LogP contribution is -2.31. The predicted molar refractivity (Wildman–Crippen MR) is 81.9 cm³/mol. The Bertz CT molecular complexity index is 685. The van der Waals surface area contributed by atoms with Crippen LogP contribution in [0.25, 0.3) is 5.69 Å². The minimum Gasteiger partial charge on any atom is -0.393 e. The lowest BCUT2D eigenvalue weighted by Gasteiger charge is -2.15. The molecule has 9 heteroatoms. The summed E-state index contributed by atoms with van der Waals surface area (Å²) in [6.07, 6.45) is -1.74. The second-order valence-corrected chi connectivity index (χ2v) is 5.20. The van der Waals surface area contributed by atoms with Gasteiger partial charge in [0.25, 0.3) is 0 Å². The number of carbonyl (C=O) groups is 1. The van der Waals surface area contributed by atoms with Gasteiger partial charge in [-0.15, -0.1) is 0 Å². The van der Waals surface area contributed by atoms with Gasteiger partial charge in [0.05, 0.1) is 23.0 Å². The van der Waals surface area contributed by atoms with Crippen LogP contribution in [0.4, 0.5) is 23.7 Å². The first-order valence-corrected chi connectivity index (χ1v) is 7.21. The van der Waals surface area contributed by atoms with Crippen molar-refractivity contribution in [2.75, 3.05) is 11.9 Å². The molecule has 6 nitrogen and oxygen atoms in total. The third-order valence-corrected chi connectivity index (χ3v) is 3.17. The van der Waals surface area contributed by atoms with Crippen molar-refractivity contribution in [1.82, 2.24) is 15.1 Å². The number of anilines is 1. The highest BCUT2D eigenvalue weighted by Crippen LogP contribution is 2.33. The third kappa shape index (κ3) is 4.72. The van der Waals surface area contributed by atoms with Gasteiger partial charge < -0.3 is 15.7 Å². The summed E-state index contributed by atoms with van der Waals surface area (Å²) in [4.78, 5) is 11.9. The molecule has 1 heterocycles. The summed E-state index contributed by atoms with van der Waals surface area (Å²) in [5.74, 6) is 0. The first kappa shape index (κ1) is 17.8. The van der Waals surface area contributed by atoms with Crippen LogP contribution in [0.5, 0.6) is 0 Å². The Morgan fingerprint density at radius 3 is 2.75 bits per heavy atom. The fourth-order valence-corrected chi connectivity index (χ4v) is 1.98. The Hall–Kier alpha value is -2.55. The molecular weight excluding hydrogens is 325 g/mol. The van der Waals surface area contributed by atoms with Crippen LogP contribution in [0.1, 0.15) is 18.9 Å². The number of benzene rings is 1. The Labute approximate surface area is 136 Å². The third-order valence-electron chi connectivity index (χ3n) is 3.17. The van der Waals surface area contributed by atoms with Crippen LogP contribution in [0.3, 0.4) is 0 Å². The number of nitrogens with zero attached hydrogens (tertiary/aromatic N) is 2. The van der Waals surface area contributed by atoms with E-state index in [1.54, 1.807) is 19.2 Å². The van der Waals surface area contributed by atoms with Gasteiger partial charge in [-0.2, -0.15) is 18.3 Å². The molecule has 0 radical (unpaired) electrons. The maximum atomic E-state index is 12.9. The van der Waals surface area contributed by atoms with Crippen molar-refractivity contribution in [3.63, 3.8) is 0 Å². The minimum absolute atomic E-state index is 0.0249. The van der Waals surface area contributed by atoms with Gasteiger partial charge in [-0.3, -0.25) is 0 Å². The van der Waals surface area contributed by atoms with Gasteiger partial charge in [-0.1, -0.05) is 0 Å². The van der Waals surface area contributed by atoms with Crippen molar-refractivity contribution in [1.29, 1.82) is 0 Å². The largest absolute Gasteiger partial charge is 0.416 e. The normalized spacial score (nSPS) is 12.7. The molecule has 0 aliphatic heterocycles. The summed E-state index contributed by atoms with van der Waals surface area (Å²) in [7, 11) is 0. The second-order valence-electron chi connectivity index (χ2n) is 5.20. The molecule has 3 N–H and O–H groups in total. The van der Waals surface area contributed by atoms with E-state index in [-0.39, 0.29) is 12.2 Å².